The summed E-state index contributed by atoms with van der Waals surface area (Å²) in [6, 6.07) is 5.26. The van der Waals surface area contributed by atoms with Crippen LogP contribution in [-0.4, -0.2) is 75.2 Å². The fraction of sp³-hybridized carbons (Fsp3) is 0.500. The first-order chi connectivity index (χ1) is 12.9. The molecule has 1 saturated heterocycles. The summed E-state index contributed by atoms with van der Waals surface area (Å²) < 4.78 is 11.0. The number of carbonyl (C=O) groups is 1. The van der Waals surface area contributed by atoms with E-state index in [1.807, 2.05) is 12.3 Å². The van der Waals surface area contributed by atoms with Gasteiger partial charge in [0.2, 0.25) is 12.2 Å². The molecule has 1 aromatic carbocycles. The lowest BCUT2D eigenvalue weighted by atomic mass is 9.99. The summed E-state index contributed by atoms with van der Waals surface area (Å²) in [6.07, 6.45) is -4.11. The Bertz CT molecular complexity index is 791. The number of H-pyrrole nitrogens is 1. The van der Waals surface area contributed by atoms with E-state index in [1.54, 1.807) is 12.1 Å². The molecule has 1 aliphatic heterocycles. The Balaban J connectivity index is 1.71. The highest BCUT2D eigenvalue weighted by atomic mass is 16.7. The van der Waals surface area contributed by atoms with Crippen molar-refractivity contribution in [2.75, 3.05) is 13.2 Å². The lowest BCUT2D eigenvalue weighted by Gasteiger charge is -2.39. The van der Waals surface area contributed by atoms with Crippen LogP contribution in [0.2, 0.25) is 0 Å². The van der Waals surface area contributed by atoms with Crippen molar-refractivity contribution < 1.29 is 34.7 Å². The Hall–Kier alpha value is -2.17. The van der Waals surface area contributed by atoms with Crippen LogP contribution in [0.4, 0.5) is 0 Å². The zero-order valence-corrected chi connectivity index (χ0v) is 14.8. The molecule has 3 rings (SSSR count). The van der Waals surface area contributed by atoms with Crippen molar-refractivity contribution in [2.45, 2.75) is 44.1 Å². The minimum Gasteiger partial charge on any atom is -0.462 e. The summed E-state index contributed by atoms with van der Waals surface area (Å²) in [6.45, 7) is 1.49. The summed E-state index contributed by atoms with van der Waals surface area (Å²) in [5, 5.41) is 42.7. The maximum atomic E-state index is 11.0. The van der Waals surface area contributed by atoms with E-state index in [4.69, 9.17) is 9.47 Å². The molecule has 0 spiro atoms. The average Bonchev–Trinajstić information content (AvgIpc) is 3.04. The zero-order chi connectivity index (χ0) is 19.6. The third-order valence-electron chi connectivity index (χ3n) is 4.61. The van der Waals surface area contributed by atoms with Gasteiger partial charge in [-0.15, -0.1) is 0 Å². The van der Waals surface area contributed by atoms with Crippen molar-refractivity contribution in [3.8, 4) is 5.75 Å². The molecule has 27 heavy (non-hydrogen) atoms. The molecular formula is C18H24N2O7. The molecule has 0 saturated carbocycles. The first-order valence-corrected chi connectivity index (χ1v) is 8.72. The fourth-order valence-corrected chi connectivity index (χ4v) is 3.12. The molecule has 0 radical (unpaired) electrons. The van der Waals surface area contributed by atoms with E-state index in [-0.39, 0.29) is 5.91 Å². The van der Waals surface area contributed by atoms with E-state index in [0.29, 0.717) is 18.7 Å². The highest BCUT2D eigenvalue weighted by molar-refractivity contribution is 5.84. The Labute approximate surface area is 155 Å². The summed E-state index contributed by atoms with van der Waals surface area (Å²) in [5.41, 5.74) is 1.84. The number of aliphatic hydroxyl groups is 4. The number of hydrogen-bond donors (Lipinski definition) is 6. The van der Waals surface area contributed by atoms with Gasteiger partial charge in [0.05, 0.1) is 6.61 Å². The van der Waals surface area contributed by atoms with Gasteiger partial charge >= 0.3 is 0 Å². The molecule has 2 heterocycles. The molecule has 148 valence electrons. The van der Waals surface area contributed by atoms with Crippen LogP contribution in [0.5, 0.6) is 5.75 Å². The summed E-state index contributed by atoms with van der Waals surface area (Å²) in [4.78, 5) is 14.1. The van der Waals surface area contributed by atoms with E-state index in [9.17, 15) is 25.2 Å². The SMILES string of the molecule is CC(=O)NCCc1c[nH]c2cc(OC3OC(CO)C(O)C(O)C3O)ccc12. The normalized spacial score (nSPS) is 28.3. The molecule has 1 fully saturated rings. The van der Waals surface area contributed by atoms with Crippen molar-refractivity contribution in [3.05, 3.63) is 30.0 Å². The van der Waals surface area contributed by atoms with E-state index in [1.165, 1.54) is 6.92 Å². The third-order valence-corrected chi connectivity index (χ3v) is 4.61. The molecular weight excluding hydrogens is 356 g/mol. The predicted molar refractivity (Wildman–Crippen MR) is 95.1 cm³/mol. The molecule has 5 unspecified atom stereocenters. The van der Waals surface area contributed by atoms with Gasteiger partial charge in [-0.1, -0.05) is 0 Å². The van der Waals surface area contributed by atoms with Gasteiger partial charge in [0.15, 0.2) is 0 Å². The number of aliphatic hydroxyl groups excluding tert-OH is 4. The van der Waals surface area contributed by atoms with Crippen molar-refractivity contribution in [2.24, 2.45) is 0 Å². The number of hydrogen-bond acceptors (Lipinski definition) is 7. The Morgan fingerprint density at radius 3 is 2.74 bits per heavy atom. The molecule has 6 N–H and O–H groups in total. The van der Waals surface area contributed by atoms with Gasteiger partial charge in [-0.3, -0.25) is 4.79 Å². The maximum Gasteiger partial charge on any atom is 0.229 e. The van der Waals surface area contributed by atoms with Crippen molar-refractivity contribution in [3.63, 3.8) is 0 Å². The smallest absolute Gasteiger partial charge is 0.229 e. The molecule has 9 heteroatoms. The lowest BCUT2D eigenvalue weighted by Crippen LogP contribution is -2.60. The Morgan fingerprint density at radius 2 is 2.04 bits per heavy atom. The quantitative estimate of drug-likeness (QED) is 0.378. The van der Waals surface area contributed by atoms with E-state index < -0.39 is 37.3 Å². The second-order valence-electron chi connectivity index (χ2n) is 6.57. The molecule has 1 aliphatic rings. The summed E-state index contributed by atoms with van der Waals surface area (Å²) in [5.74, 6) is 0.312. The second-order valence-corrected chi connectivity index (χ2v) is 6.57. The Kier molecular flexibility index (Phi) is 5.98. The van der Waals surface area contributed by atoms with Gasteiger partial charge in [-0.2, -0.15) is 0 Å². The summed E-state index contributed by atoms with van der Waals surface area (Å²) in [7, 11) is 0. The van der Waals surface area contributed by atoms with Crippen LogP contribution in [0.3, 0.4) is 0 Å². The van der Waals surface area contributed by atoms with Crippen LogP contribution < -0.4 is 10.1 Å². The van der Waals surface area contributed by atoms with Gasteiger partial charge in [-0.25, -0.2) is 0 Å². The number of fused-ring (bicyclic) bond motifs is 1. The largest absolute Gasteiger partial charge is 0.462 e. The van der Waals surface area contributed by atoms with Crippen molar-refractivity contribution >= 4 is 16.8 Å². The lowest BCUT2D eigenvalue weighted by molar-refractivity contribution is -0.277. The first-order valence-electron chi connectivity index (χ1n) is 8.72. The highest BCUT2D eigenvalue weighted by Crippen LogP contribution is 2.27. The predicted octanol–water partition coefficient (Wildman–Crippen LogP) is -0.975. The monoisotopic (exact) mass is 380 g/mol. The number of ether oxygens (including phenoxy) is 2. The standard InChI is InChI=1S/C18H24N2O7/c1-9(22)19-5-4-10-7-20-13-6-11(2-3-12(10)13)26-18-17(25)16(24)15(23)14(8-21)27-18/h2-3,6-7,14-18,20-21,23-25H,4-5,8H2,1H3,(H,19,22). The van der Waals surface area contributed by atoms with Crippen LogP contribution in [0, 0.1) is 0 Å². The molecule has 2 aromatic rings. The molecule has 0 bridgehead atoms. The second kappa shape index (κ2) is 8.24. The third kappa shape index (κ3) is 4.23. The molecule has 0 aliphatic carbocycles. The minimum atomic E-state index is -1.49. The van der Waals surface area contributed by atoms with E-state index in [0.717, 1.165) is 16.5 Å². The van der Waals surface area contributed by atoms with Gasteiger partial charge in [0, 0.05) is 36.6 Å². The molecule has 9 nitrogen and oxygen atoms in total. The average molecular weight is 380 g/mol. The van der Waals surface area contributed by atoms with E-state index in [2.05, 4.69) is 10.3 Å². The van der Waals surface area contributed by atoms with Gasteiger partial charge in [0.1, 0.15) is 30.2 Å². The fourth-order valence-electron chi connectivity index (χ4n) is 3.12. The minimum absolute atomic E-state index is 0.0787. The number of amides is 1. The van der Waals surface area contributed by atoms with E-state index >= 15 is 0 Å². The number of aromatic amines is 1. The molecule has 1 aromatic heterocycles. The van der Waals surface area contributed by atoms with Gasteiger partial charge < -0.3 is 40.2 Å². The molecule has 5 atom stereocenters. The Morgan fingerprint density at radius 1 is 1.26 bits per heavy atom. The highest BCUT2D eigenvalue weighted by Gasteiger charge is 2.44. The molecule has 1 amide bonds. The zero-order valence-electron chi connectivity index (χ0n) is 14.8. The van der Waals surface area contributed by atoms with Gasteiger partial charge in [-0.05, 0) is 24.1 Å². The topological polar surface area (TPSA) is 144 Å². The van der Waals surface area contributed by atoms with Crippen LogP contribution in [0.25, 0.3) is 10.9 Å². The van der Waals surface area contributed by atoms with Crippen molar-refractivity contribution in [1.29, 1.82) is 0 Å². The van der Waals surface area contributed by atoms with Crippen LogP contribution in [0.15, 0.2) is 24.4 Å². The maximum absolute atomic E-state index is 11.0. The number of aromatic nitrogens is 1. The number of nitrogens with one attached hydrogen (secondary N) is 2. The van der Waals surface area contributed by atoms with Crippen LogP contribution in [-0.2, 0) is 16.0 Å². The van der Waals surface area contributed by atoms with Crippen molar-refractivity contribution in [1.82, 2.24) is 10.3 Å². The van der Waals surface area contributed by atoms with Crippen LogP contribution >= 0.6 is 0 Å². The first kappa shape index (κ1) is 19.6. The summed E-state index contributed by atoms with van der Waals surface area (Å²) >= 11 is 0. The number of benzene rings is 1. The van der Waals surface area contributed by atoms with Gasteiger partial charge in [0.25, 0.3) is 0 Å². The number of rotatable bonds is 6. The van der Waals surface area contributed by atoms with Crippen LogP contribution in [0.1, 0.15) is 12.5 Å². The number of carbonyl (C=O) groups excluding carboxylic acids is 1.